The van der Waals surface area contributed by atoms with E-state index in [9.17, 15) is 9.59 Å². The molecule has 2 amide bonds. The first-order valence-corrected chi connectivity index (χ1v) is 9.21. The fourth-order valence-corrected chi connectivity index (χ4v) is 3.40. The van der Waals surface area contributed by atoms with Gasteiger partial charge in [-0.2, -0.15) is 0 Å². The maximum atomic E-state index is 12.5. The summed E-state index contributed by atoms with van der Waals surface area (Å²) in [6.45, 7) is 0.791. The van der Waals surface area contributed by atoms with Crippen molar-refractivity contribution < 1.29 is 9.59 Å². The predicted molar refractivity (Wildman–Crippen MR) is 96.0 cm³/mol. The van der Waals surface area contributed by atoms with Crippen LogP contribution in [-0.4, -0.2) is 40.8 Å². The summed E-state index contributed by atoms with van der Waals surface area (Å²) in [7, 11) is 0. The van der Waals surface area contributed by atoms with Crippen LogP contribution < -0.4 is 5.73 Å². The molecule has 1 saturated heterocycles. The zero-order chi connectivity index (χ0) is 16.5. The monoisotopic (exact) mass is 332 g/mol. The van der Waals surface area contributed by atoms with E-state index in [0.717, 1.165) is 37.8 Å². The Morgan fingerprint density at radius 3 is 2.70 bits per heavy atom. The summed E-state index contributed by atoms with van der Waals surface area (Å²) >= 11 is 1.30. The highest BCUT2D eigenvalue weighted by Crippen LogP contribution is 2.20. The summed E-state index contributed by atoms with van der Waals surface area (Å²) in [5, 5.41) is 0. The molecule has 0 unspecified atom stereocenters. The van der Waals surface area contributed by atoms with Crippen molar-refractivity contribution in [1.82, 2.24) is 4.90 Å². The first-order chi connectivity index (χ1) is 11.2. The highest BCUT2D eigenvalue weighted by Gasteiger charge is 2.23. The molecule has 1 aromatic carbocycles. The predicted octanol–water partition coefficient (Wildman–Crippen LogP) is 2.69. The second-order valence-electron chi connectivity index (χ2n) is 5.73. The minimum absolute atomic E-state index is 0.0980. The van der Waals surface area contributed by atoms with Gasteiger partial charge in [0.05, 0.1) is 17.5 Å². The fraction of sp³-hybridized carbons (Fsp3) is 0.444. The zero-order valence-electron chi connectivity index (χ0n) is 13.3. The molecule has 1 aliphatic heterocycles. The lowest BCUT2D eigenvalue weighted by Gasteiger charge is -2.28. The normalized spacial score (nSPS) is 18.8. The number of carbonyl (C=O) groups excluding carboxylic acids is 2. The van der Waals surface area contributed by atoms with Crippen LogP contribution in [0.1, 0.15) is 31.2 Å². The lowest BCUT2D eigenvalue weighted by Crippen LogP contribution is -2.40. The van der Waals surface area contributed by atoms with Crippen molar-refractivity contribution in [3.05, 3.63) is 42.0 Å². The molecular weight excluding hydrogens is 308 g/mol. The van der Waals surface area contributed by atoms with Gasteiger partial charge in [-0.3, -0.25) is 9.59 Å². The number of thioether (sulfide) groups is 1. The van der Waals surface area contributed by atoms with E-state index in [-0.39, 0.29) is 23.6 Å². The first-order valence-electron chi connectivity index (χ1n) is 8.05. The molecule has 124 valence electrons. The molecule has 1 aromatic rings. The largest absolute Gasteiger partial charge is 0.369 e. The van der Waals surface area contributed by atoms with Crippen LogP contribution in [0.15, 0.2) is 36.4 Å². The number of benzene rings is 1. The molecule has 1 heterocycles. The van der Waals surface area contributed by atoms with Crippen LogP contribution in [-0.2, 0) is 9.59 Å². The number of amides is 2. The van der Waals surface area contributed by atoms with Gasteiger partial charge in [0.2, 0.25) is 11.8 Å². The quantitative estimate of drug-likeness (QED) is 0.871. The molecule has 0 saturated carbocycles. The van der Waals surface area contributed by atoms with Gasteiger partial charge in [-0.05, 0) is 18.4 Å². The molecule has 1 aliphatic rings. The molecule has 0 radical (unpaired) electrons. The van der Waals surface area contributed by atoms with E-state index in [1.807, 2.05) is 23.1 Å². The molecule has 4 nitrogen and oxygen atoms in total. The standard InChI is InChI=1S/C18H24N2O2S/c19-17(21)13-23-14-18(22)20-12-6-2-5-9-16(20)11-10-15-7-3-1-4-8-15/h1,3-4,7-8,10-11,16H,2,5-6,9,12-14H2,(H2,19,21)/b11-10+/t16-/m1/s1. The third kappa shape index (κ3) is 6.10. The third-order valence-electron chi connectivity index (χ3n) is 3.90. The van der Waals surface area contributed by atoms with Gasteiger partial charge >= 0.3 is 0 Å². The van der Waals surface area contributed by atoms with E-state index >= 15 is 0 Å². The highest BCUT2D eigenvalue weighted by molar-refractivity contribution is 8.00. The molecule has 0 spiro atoms. The Morgan fingerprint density at radius 2 is 1.96 bits per heavy atom. The maximum Gasteiger partial charge on any atom is 0.233 e. The van der Waals surface area contributed by atoms with Crippen LogP contribution in [0.3, 0.4) is 0 Å². The molecule has 0 aromatic heterocycles. The second kappa shape index (κ2) is 9.40. The molecule has 5 heteroatoms. The summed E-state index contributed by atoms with van der Waals surface area (Å²) in [4.78, 5) is 25.2. The zero-order valence-corrected chi connectivity index (χ0v) is 14.1. The van der Waals surface area contributed by atoms with Crippen molar-refractivity contribution in [2.24, 2.45) is 5.73 Å². The number of primary amides is 1. The van der Waals surface area contributed by atoms with Crippen LogP contribution in [0, 0.1) is 0 Å². The number of likely N-dealkylation sites (tertiary alicyclic amines) is 1. The topological polar surface area (TPSA) is 63.4 Å². The van der Waals surface area contributed by atoms with Crippen molar-refractivity contribution >= 4 is 29.7 Å². The van der Waals surface area contributed by atoms with E-state index in [2.05, 4.69) is 24.3 Å². The average molecular weight is 332 g/mol. The summed E-state index contributed by atoms with van der Waals surface area (Å²) in [5.41, 5.74) is 6.27. The number of nitrogens with two attached hydrogens (primary N) is 1. The summed E-state index contributed by atoms with van der Waals surface area (Å²) in [6.07, 6.45) is 8.57. The Labute approximate surface area is 142 Å². The fourth-order valence-electron chi connectivity index (χ4n) is 2.75. The first kappa shape index (κ1) is 17.6. The van der Waals surface area contributed by atoms with Gasteiger partial charge in [0, 0.05) is 6.54 Å². The van der Waals surface area contributed by atoms with Crippen molar-refractivity contribution in [2.45, 2.75) is 31.7 Å². The molecule has 0 aliphatic carbocycles. The maximum absolute atomic E-state index is 12.5. The van der Waals surface area contributed by atoms with Gasteiger partial charge in [-0.1, -0.05) is 55.3 Å². The van der Waals surface area contributed by atoms with Crippen LogP contribution in [0.2, 0.25) is 0 Å². The lowest BCUT2D eigenvalue weighted by molar-refractivity contribution is -0.129. The molecular formula is C18H24N2O2S. The second-order valence-corrected chi connectivity index (χ2v) is 6.72. The Balaban J connectivity index is 1.99. The summed E-state index contributed by atoms with van der Waals surface area (Å²) < 4.78 is 0. The summed E-state index contributed by atoms with van der Waals surface area (Å²) in [5.74, 6) is 0.239. The van der Waals surface area contributed by atoms with Gasteiger partial charge in [0.15, 0.2) is 0 Å². The van der Waals surface area contributed by atoms with Crippen molar-refractivity contribution in [2.75, 3.05) is 18.1 Å². The number of rotatable bonds is 6. The Hall–Kier alpha value is -1.75. The number of hydrogen-bond acceptors (Lipinski definition) is 3. The Bertz CT molecular complexity index is 545. The Morgan fingerprint density at radius 1 is 1.17 bits per heavy atom. The molecule has 2 N–H and O–H groups in total. The highest BCUT2D eigenvalue weighted by atomic mass is 32.2. The van der Waals surface area contributed by atoms with E-state index in [1.165, 1.54) is 11.8 Å². The Kier molecular flexibility index (Phi) is 7.20. The molecule has 0 bridgehead atoms. The smallest absolute Gasteiger partial charge is 0.233 e. The molecule has 1 fully saturated rings. The number of hydrogen-bond donors (Lipinski definition) is 1. The van der Waals surface area contributed by atoms with Crippen molar-refractivity contribution in [1.29, 1.82) is 0 Å². The minimum Gasteiger partial charge on any atom is -0.369 e. The van der Waals surface area contributed by atoms with Crippen LogP contribution in [0.4, 0.5) is 0 Å². The van der Waals surface area contributed by atoms with E-state index in [0.29, 0.717) is 5.75 Å². The number of nitrogens with zero attached hydrogens (tertiary/aromatic N) is 1. The van der Waals surface area contributed by atoms with Crippen molar-refractivity contribution in [3.8, 4) is 0 Å². The minimum atomic E-state index is -0.376. The molecule has 2 rings (SSSR count). The number of carbonyl (C=O) groups is 2. The van der Waals surface area contributed by atoms with E-state index < -0.39 is 0 Å². The average Bonchev–Trinajstić information content (AvgIpc) is 2.79. The van der Waals surface area contributed by atoms with Crippen LogP contribution in [0.5, 0.6) is 0 Å². The molecule has 23 heavy (non-hydrogen) atoms. The van der Waals surface area contributed by atoms with Crippen molar-refractivity contribution in [3.63, 3.8) is 0 Å². The van der Waals surface area contributed by atoms with Gasteiger partial charge in [0.25, 0.3) is 0 Å². The lowest BCUT2D eigenvalue weighted by atomic mass is 10.1. The summed E-state index contributed by atoms with van der Waals surface area (Å²) in [6, 6.07) is 10.3. The van der Waals surface area contributed by atoms with Gasteiger partial charge in [0.1, 0.15) is 0 Å². The SMILES string of the molecule is NC(=O)CSCC(=O)N1CCCCC[C@@H]1/C=C/c1ccccc1. The van der Waals surface area contributed by atoms with Gasteiger partial charge in [-0.25, -0.2) is 0 Å². The molecule has 1 atom stereocenters. The van der Waals surface area contributed by atoms with Gasteiger partial charge < -0.3 is 10.6 Å². The van der Waals surface area contributed by atoms with E-state index in [4.69, 9.17) is 5.73 Å². The van der Waals surface area contributed by atoms with Crippen LogP contribution in [0.25, 0.3) is 6.08 Å². The van der Waals surface area contributed by atoms with Gasteiger partial charge in [-0.15, -0.1) is 11.8 Å². The third-order valence-corrected chi connectivity index (χ3v) is 4.84. The van der Waals surface area contributed by atoms with Crippen LogP contribution >= 0.6 is 11.8 Å². The van der Waals surface area contributed by atoms with E-state index in [1.54, 1.807) is 0 Å².